The van der Waals surface area contributed by atoms with Crippen LogP contribution in [-0.2, 0) is 6.42 Å². The van der Waals surface area contributed by atoms with Gasteiger partial charge in [-0.15, -0.1) is 0 Å². The number of pyridine rings is 1. The zero-order valence-corrected chi connectivity index (χ0v) is 8.18. The van der Waals surface area contributed by atoms with Gasteiger partial charge in [0, 0.05) is 17.8 Å². The van der Waals surface area contributed by atoms with Gasteiger partial charge in [0.25, 0.3) is 0 Å². The van der Waals surface area contributed by atoms with Crippen LogP contribution in [0.15, 0.2) is 4.99 Å². The molecular formula is C10H13N3. The molecule has 1 aliphatic heterocycles. The summed E-state index contributed by atoms with van der Waals surface area (Å²) in [5, 5.41) is 0. The van der Waals surface area contributed by atoms with Crippen LogP contribution >= 0.6 is 0 Å². The van der Waals surface area contributed by atoms with Crippen molar-refractivity contribution in [3.8, 4) is 0 Å². The van der Waals surface area contributed by atoms with Crippen molar-refractivity contribution in [3.05, 3.63) is 16.8 Å². The van der Waals surface area contributed by atoms with Gasteiger partial charge in [0.05, 0.1) is 0 Å². The van der Waals surface area contributed by atoms with Crippen molar-refractivity contribution >= 4 is 17.2 Å². The lowest BCUT2D eigenvalue weighted by molar-refractivity contribution is 1.12. The topological polar surface area (TPSA) is 51.3 Å². The lowest BCUT2D eigenvalue weighted by Gasteiger charge is -2.07. The highest BCUT2D eigenvalue weighted by Crippen LogP contribution is 2.34. The van der Waals surface area contributed by atoms with Crippen LogP contribution in [0.1, 0.15) is 23.7 Å². The molecule has 3 nitrogen and oxygen atoms in total. The predicted molar refractivity (Wildman–Crippen MR) is 54.6 cm³/mol. The van der Waals surface area contributed by atoms with Crippen molar-refractivity contribution in [2.24, 2.45) is 4.99 Å². The van der Waals surface area contributed by atoms with Crippen molar-refractivity contribution in [2.75, 3.05) is 5.73 Å². The molecule has 1 aliphatic rings. The van der Waals surface area contributed by atoms with Crippen molar-refractivity contribution in [2.45, 2.75) is 27.2 Å². The number of nitrogens with two attached hydrogens (primary N) is 1. The molecule has 0 unspecified atom stereocenters. The van der Waals surface area contributed by atoms with E-state index in [0.29, 0.717) is 5.82 Å². The second-order valence-electron chi connectivity index (χ2n) is 3.56. The summed E-state index contributed by atoms with van der Waals surface area (Å²) >= 11 is 0. The Morgan fingerprint density at radius 2 is 1.92 bits per heavy atom. The number of aliphatic imine (C=N–C) groups is 1. The summed E-state index contributed by atoms with van der Waals surface area (Å²) in [6.07, 6.45) is 0.925. The summed E-state index contributed by atoms with van der Waals surface area (Å²) in [6.45, 7) is 6.09. The van der Waals surface area contributed by atoms with Crippen molar-refractivity contribution in [1.82, 2.24) is 4.98 Å². The summed E-state index contributed by atoms with van der Waals surface area (Å²) in [6, 6.07) is 0. The van der Waals surface area contributed by atoms with Crippen molar-refractivity contribution in [3.63, 3.8) is 0 Å². The van der Waals surface area contributed by atoms with E-state index in [1.165, 1.54) is 11.1 Å². The molecule has 1 aromatic rings. The van der Waals surface area contributed by atoms with E-state index < -0.39 is 0 Å². The fourth-order valence-corrected chi connectivity index (χ4v) is 1.70. The van der Waals surface area contributed by atoms with Crippen LogP contribution < -0.4 is 5.73 Å². The quantitative estimate of drug-likeness (QED) is 0.655. The normalized spacial score (nSPS) is 14.2. The lowest BCUT2D eigenvalue weighted by Crippen LogP contribution is -1.99. The number of hydrogen-bond acceptors (Lipinski definition) is 3. The molecular weight excluding hydrogens is 162 g/mol. The molecule has 0 amide bonds. The molecule has 2 heterocycles. The zero-order valence-electron chi connectivity index (χ0n) is 8.18. The molecule has 68 valence electrons. The number of nitrogens with zero attached hydrogens (tertiary/aromatic N) is 2. The summed E-state index contributed by atoms with van der Waals surface area (Å²) in [5.74, 6) is 0.565. The summed E-state index contributed by atoms with van der Waals surface area (Å²) in [7, 11) is 0. The maximum Gasteiger partial charge on any atom is 0.149 e. The smallest absolute Gasteiger partial charge is 0.149 e. The zero-order chi connectivity index (χ0) is 9.59. The van der Waals surface area contributed by atoms with Gasteiger partial charge in [0.15, 0.2) is 0 Å². The minimum Gasteiger partial charge on any atom is -0.382 e. The number of rotatable bonds is 0. The van der Waals surface area contributed by atoms with Crippen molar-refractivity contribution < 1.29 is 0 Å². The third-order valence-corrected chi connectivity index (χ3v) is 2.55. The van der Waals surface area contributed by atoms with Gasteiger partial charge < -0.3 is 5.73 Å². The highest BCUT2D eigenvalue weighted by Gasteiger charge is 2.18. The Bertz CT molecular complexity index is 405. The fraction of sp³-hybridized carbons (Fsp3) is 0.400. The van der Waals surface area contributed by atoms with E-state index in [4.69, 9.17) is 5.73 Å². The van der Waals surface area contributed by atoms with Crippen molar-refractivity contribution in [1.29, 1.82) is 0 Å². The Balaban J connectivity index is 2.70. The van der Waals surface area contributed by atoms with Crippen LogP contribution in [0.4, 0.5) is 11.5 Å². The molecule has 0 atom stereocenters. The van der Waals surface area contributed by atoms with Gasteiger partial charge >= 0.3 is 0 Å². The summed E-state index contributed by atoms with van der Waals surface area (Å²) in [4.78, 5) is 8.63. The molecule has 13 heavy (non-hydrogen) atoms. The first-order valence-electron chi connectivity index (χ1n) is 4.39. The van der Waals surface area contributed by atoms with E-state index in [0.717, 1.165) is 23.5 Å². The van der Waals surface area contributed by atoms with Gasteiger partial charge in [-0.25, -0.2) is 4.98 Å². The average molecular weight is 175 g/mol. The molecule has 0 saturated carbocycles. The first-order valence-corrected chi connectivity index (χ1v) is 4.39. The molecule has 3 heteroatoms. The molecule has 2 rings (SSSR count). The third-order valence-electron chi connectivity index (χ3n) is 2.55. The number of fused-ring (bicyclic) bond motifs is 1. The first-order chi connectivity index (χ1) is 6.09. The predicted octanol–water partition coefficient (Wildman–Crippen LogP) is 1.93. The summed E-state index contributed by atoms with van der Waals surface area (Å²) < 4.78 is 0. The maximum atomic E-state index is 5.79. The number of anilines is 1. The second kappa shape index (κ2) is 2.55. The average Bonchev–Trinajstić information content (AvgIpc) is 2.44. The molecule has 0 fully saturated rings. The molecule has 0 aromatic carbocycles. The molecule has 2 N–H and O–H groups in total. The first kappa shape index (κ1) is 8.23. The largest absolute Gasteiger partial charge is 0.382 e. The minimum atomic E-state index is 0.565. The minimum absolute atomic E-state index is 0.565. The number of nitrogen functional groups attached to an aromatic ring is 1. The third kappa shape index (κ3) is 1.11. The van der Waals surface area contributed by atoms with E-state index in [9.17, 15) is 0 Å². The van der Waals surface area contributed by atoms with E-state index in [2.05, 4.69) is 16.9 Å². The number of aryl methyl sites for hydroxylation is 1. The molecule has 1 aromatic heterocycles. The van der Waals surface area contributed by atoms with E-state index in [-0.39, 0.29) is 0 Å². The van der Waals surface area contributed by atoms with Crippen LogP contribution in [0.25, 0.3) is 0 Å². The Hall–Kier alpha value is -1.38. The van der Waals surface area contributed by atoms with Gasteiger partial charge in [0.2, 0.25) is 0 Å². The van der Waals surface area contributed by atoms with E-state index in [1.54, 1.807) is 0 Å². The Morgan fingerprint density at radius 3 is 2.62 bits per heavy atom. The van der Waals surface area contributed by atoms with Gasteiger partial charge in [-0.2, -0.15) is 0 Å². The maximum absolute atomic E-state index is 5.79. The van der Waals surface area contributed by atoms with Crippen LogP contribution in [0.5, 0.6) is 0 Å². The van der Waals surface area contributed by atoms with Crippen LogP contribution in [0.3, 0.4) is 0 Å². The van der Waals surface area contributed by atoms with Crippen LogP contribution in [0, 0.1) is 13.8 Å². The molecule has 0 aliphatic carbocycles. The van der Waals surface area contributed by atoms with Gasteiger partial charge in [-0.05, 0) is 31.9 Å². The van der Waals surface area contributed by atoms with E-state index in [1.807, 2.05) is 13.8 Å². The molecule has 0 bridgehead atoms. The Labute approximate surface area is 77.7 Å². The number of aromatic nitrogens is 1. The molecule has 0 radical (unpaired) electrons. The highest BCUT2D eigenvalue weighted by atomic mass is 14.9. The molecule has 0 saturated heterocycles. The number of hydrogen-bond donors (Lipinski definition) is 1. The van der Waals surface area contributed by atoms with Crippen LogP contribution in [-0.4, -0.2) is 10.7 Å². The fourth-order valence-electron chi connectivity index (χ4n) is 1.70. The Kier molecular flexibility index (Phi) is 1.62. The standard InChI is InChI=1S/C10H13N3/c1-5-4-8-6(2)7(3)13-10(11)9(8)12-5/h4H2,1-3H3,(H2,11,13). The van der Waals surface area contributed by atoms with Crippen LogP contribution in [0.2, 0.25) is 0 Å². The SMILES string of the molecule is CC1=Nc2c(N)nc(C)c(C)c2C1. The van der Waals surface area contributed by atoms with E-state index >= 15 is 0 Å². The highest BCUT2D eigenvalue weighted by molar-refractivity contribution is 5.94. The monoisotopic (exact) mass is 175 g/mol. The Morgan fingerprint density at radius 1 is 1.23 bits per heavy atom. The van der Waals surface area contributed by atoms with Gasteiger partial charge in [0.1, 0.15) is 11.5 Å². The van der Waals surface area contributed by atoms with Gasteiger partial charge in [-0.3, -0.25) is 4.99 Å². The van der Waals surface area contributed by atoms with Gasteiger partial charge in [-0.1, -0.05) is 0 Å². The second-order valence-corrected chi connectivity index (χ2v) is 3.56. The molecule has 0 spiro atoms. The summed E-state index contributed by atoms with van der Waals surface area (Å²) in [5.41, 5.74) is 11.3. The lowest BCUT2D eigenvalue weighted by atomic mass is 10.0.